The highest BCUT2D eigenvalue weighted by molar-refractivity contribution is 9.08. The Morgan fingerprint density at radius 3 is 2.44 bits per heavy atom. The number of benzene rings is 1. The van der Waals surface area contributed by atoms with Crippen molar-refractivity contribution in [2.75, 3.05) is 18.0 Å². The van der Waals surface area contributed by atoms with Gasteiger partial charge in [0.15, 0.2) is 0 Å². The summed E-state index contributed by atoms with van der Waals surface area (Å²) in [6.45, 7) is 9.41. The first-order chi connectivity index (χ1) is 8.58. The Balaban J connectivity index is 2.10. The summed E-state index contributed by atoms with van der Waals surface area (Å²) >= 11 is 3.52. The van der Waals surface area contributed by atoms with Crippen LogP contribution in [-0.2, 0) is 5.33 Å². The highest BCUT2D eigenvalue weighted by Gasteiger charge is 2.28. The Bertz CT molecular complexity index is 406. The average Bonchev–Trinajstić information content (AvgIpc) is 2.40. The molecule has 0 atom stereocenters. The number of alkyl halides is 1. The molecule has 0 saturated carbocycles. The molecule has 0 N–H and O–H groups in total. The molecule has 1 heterocycles. The van der Waals surface area contributed by atoms with Gasteiger partial charge in [-0.3, -0.25) is 0 Å². The first-order valence-electron chi connectivity index (χ1n) is 6.98. The molecule has 1 aliphatic heterocycles. The molecule has 0 radical (unpaired) electrons. The van der Waals surface area contributed by atoms with Crippen LogP contribution in [0.5, 0.6) is 0 Å². The topological polar surface area (TPSA) is 3.24 Å². The third-order valence-corrected chi connectivity index (χ3v) is 5.23. The summed E-state index contributed by atoms with van der Waals surface area (Å²) in [5.41, 5.74) is 4.77. The van der Waals surface area contributed by atoms with Crippen LogP contribution in [0.15, 0.2) is 18.2 Å². The highest BCUT2D eigenvalue weighted by Crippen LogP contribution is 2.36. The maximum Gasteiger partial charge on any atom is 0.0396 e. The predicted molar refractivity (Wildman–Crippen MR) is 83.7 cm³/mol. The summed E-state index contributed by atoms with van der Waals surface area (Å²) in [5.74, 6) is 0. The molecule has 1 fully saturated rings. The lowest BCUT2D eigenvalue weighted by molar-refractivity contribution is 0.238. The van der Waals surface area contributed by atoms with Crippen molar-refractivity contribution in [3.05, 3.63) is 29.3 Å². The van der Waals surface area contributed by atoms with Gasteiger partial charge in [-0.2, -0.15) is 0 Å². The van der Waals surface area contributed by atoms with Crippen molar-refractivity contribution in [3.63, 3.8) is 0 Å². The zero-order valence-electron chi connectivity index (χ0n) is 11.8. The van der Waals surface area contributed by atoms with Crippen LogP contribution < -0.4 is 4.90 Å². The molecule has 1 aromatic carbocycles. The monoisotopic (exact) mass is 309 g/mol. The van der Waals surface area contributed by atoms with Crippen LogP contribution in [-0.4, -0.2) is 13.1 Å². The van der Waals surface area contributed by atoms with Crippen LogP contribution >= 0.6 is 15.9 Å². The second kappa shape index (κ2) is 5.64. The molecule has 0 amide bonds. The van der Waals surface area contributed by atoms with Gasteiger partial charge in [0, 0.05) is 24.1 Å². The van der Waals surface area contributed by atoms with E-state index in [1.807, 2.05) is 0 Å². The number of hydrogen-bond donors (Lipinski definition) is 0. The van der Waals surface area contributed by atoms with Gasteiger partial charge in [-0.25, -0.2) is 0 Å². The van der Waals surface area contributed by atoms with E-state index in [2.05, 4.69) is 59.8 Å². The van der Waals surface area contributed by atoms with Crippen LogP contribution in [0.4, 0.5) is 5.69 Å². The van der Waals surface area contributed by atoms with Gasteiger partial charge in [-0.05, 0) is 42.4 Å². The minimum atomic E-state index is 0.570. The van der Waals surface area contributed by atoms with Gasteiger partial charge >= 0.3 is 0 Å². The van der Waals surface area contributed by atoms with E-state index in [-0.39, 0.29) is 0 Å². The van der Waals surface area contributed by atoms with E-state index in [0.717, 1.165) is 5.33 Å². The summed E-state index contributed by atoms with van der Waals surface area (Å²) in [6, 6.07) is 6.84. The zero-order chi connectivity index (χ0) is 13.2. The Morgan fingerprint density at radius 2 is 1.94 bits per heavy atom. The van der Waals surface area contributed by atoms with Crippen molar-refractivity contribution >= 4 is 21.6 Å². The summed E-state index contributed by atoms with van der Waals surface area (Å²) < 4.78 is 0. The Morgan fingerprint density at radius 1 is 1.28 bits per heavy atom. The van der Waals surface area contributed by atoms with E-state index in [9.17, 15) is 0 Å². The summed E-state index contributed by atoms with van der Waals surface area (Å²) in [4.78, 5) is 2.56. The van der Waals surface area contributed by atoms with Crippen LogP contribution in [0.3, 0.4) is 0 Å². The van der Waals surface area contributed by atoms with E-state index in [4.69, 9.17) is 0 Å². The van der Waals surface area contributed by atoms with Crippen molar-refractivity contribution in [1.82, 2.24) is 0 Å². The quantitative estimate of drug-likeness (QED) is 0.717. The first kappa shape index (κ1) is 13.9. The van der Waals surface area contributed by atoms with E-state index in [1.54, 1.807) is 0 Å². The largest absolute Gasteiger partial charge is 0.371 e. The molecule has 0 bridgehead atoms. The molecule has 1 nitrogen and oxygen atoms in total. The lowest BCUT2D eigenvalue weighted by Gasteiger charge is -2.40. The zero-order valence-corrected chi connectivity index (χ0v) is 13.4. The second-order valence-electron chi connectivity index (χ2n) is 5.91. The SMILES string of the molecule is CCC1(C)CCN(c2ccc(CBr)cc2C)CC1. The molecule has 2 heteroatoms. The Labute approximate surface area is 120 Å². The number of halogens is 1. The first-order valence-corrected chi connectivity index (χ1v) is 8.10. The number of piperidine rings is 1. The molecule has 0 unspecified atom stereocenters. The number of anilines is 1. The standard InChI is InChI=1S/C16H24BrN/c1-4-16(3)7-9-18(10-8-16)15-6-5-14(12-17)11-13(15)2/h5-6,11H,4,7-10,12H2,1-3H3. The number of hydrogen-bond acceptors (Lipinski definition) is 1. The highest BCUT2D eigenvalue weighted by atomic mass is 79.9. The third-order valence-electron chi connectivity index (χ3n) is 4.58. The second-order valence-corrected chi connectivity index (χ2v) is 6.47. The average molecular weight is 310 g/mol. The van der Waals surface area contributed by atoms with Gasteiger partial charge in [-0.15, -0.1) is 0 Å². The lowest BCUT2D eigenvalue weighted by Crippen LogP contribution is -2.38. The normalized spacial score (nSPS) is 19.0. The maximum absolute atomic E-state index is 3.52. The predicted octanol–water partition coefficient (Wildman–Crippen LogP) is 4.91. The van der Waals surface area contributed by atoms with Gasteiger partial charge in [-0.1, -0.05) is 48.3 Å². The molecule has 1 aromatic rings. The van der Waals surface area contributed by atoms with Crippen molar-refractivity contribution in [2.24, 2.45) is 5.41 Å². The van der Waals surface area contributed by atoms with E-state index >= 15 is 0 Å². The number of aryl methyl sites for hydroxylation is 1. The van der Waals surface area contributed by atoms with Crippen molar-refractivity contribution < 1.29 is 0 Å². The van der Waals surface area contributed by atoms with Crippen LogP contribution in [0.25, 0.3) is 0 Å². The smallest absolute Gasteiger partial charge is 0.0396 e. The molecule has 2 rings (SSSR count). The molecular formula is C16H24BrN. The van der Waals surface area contributed by atoms with Crippen LogP contribution in [0.1, 0.15) is 44.2 Å². The fourth-order valence-corrected chi connectivity index (χ4v) is 3.15. The van der Waals surface area contributed by atoms with Crippen molar-refractivity contribution in [2.45, 2.75) is 45.4 Å². The Kier molecular flexibility index (Phi) is 4.37. The van der Waals surface area contributed by atoms with Gasteiger partial charge in [0.1, 0.15) is 0 Å². The van der Waals surface area contributed by atoms with Crippen LogP contribution in [0, 0.1) is 12.3 Å². The summed E-state index contributed by atoms with van der Waals surface area (Å²) in [6.07, 6.45) is 3.95. The molecular weight excluding hydrogens is 286 g/mol. The molecule has 1 aliphatic rings. The van der Waals surface area contributed by atoms with E-state index < -0.39 is 0 Å². The van der Waals surface area contributed by atoms with Crippen molar-refractivity contribution in [3.8, 4) is 0 Å². The lowest BCUT2D eigenvalue weighted by atomic mass is 9.78. The fraction of sp³-hybridized carbons (Fsp3) is 0.625. The van der Waals surface area contributed by atoms with Crippen LogP contribution in [0.2, 0.25) is 0 Å². The number of rotatable bonds is 3. The summed E-state index contributed by atoms with van der Waals surface area (Å²) in [5, 5.41) is 0.946. The third kappa shape index (κ3) is 2.90. The van der Waals surface area contributed by atoms with Crippen molar-refractivity contribution in [1.29, 1.82) is 0 Å². The molecule has 0 aliphatic carbocycles. The molecule has 0 spiro atoms. The van der Waals surface area contributed by atoms with E-state index in [0.29, 0.717) is 5.41 Å². The van der Waals surface area contributed by atoms with Gasteiger partial charge in [0.2, 0.25) is 0 Å². The summed E-state index contributed by atoms with van der Waals surface area (Å²) in [7, 11) is 0. The Hall–Kier alpha value is -0.500. The molecule has 1 saturated heterocycles. The number of nitrogens with zero attached hydrogens (tertiary/aromatic N) is 1. The molecule has 0 aromatic heterocycles. The minimum absolute atomic E-state index is 0.570. The fourth-order valence-electron chi connectivity index (χ4n) is 2.80. The molecule has 18 heavy (non-hydrogen) atoms. The van der Waals surface area contributed by atoms with Gasteiger partial charge < -0.3 is 4.90 Å². The van der Waals surface area contributed by atoms with Gasteiger partial charge in [0.05, 0.1) is 0 Å². The maximum atomic E-state index is 3.52. The van der Waals surface area contributed by atoms with E-state index in [1.165, 1.54) is 49.2 Å². The van der Waals surface area contributed by atoms with Gasteiger partial charge in [0.25, 0.3) is 0 Å². The molecule has 100 valence electrons. The minimum Gasteiger partial charge on any atom is -0.371 e.